The van der Waals surface area contributed by atoms with Crippen LogP contribution < -0.4 is 5.32 Å². The molecule has 0 aliphatic rings. The summed E-state index contributed by atoms with van der Waals surface area (Å²) < 4.78 is 26.2. The molecule has 0 spiro atoms. The van der Waals surface area contributed by atoms with Crippen LogP contribution in [0.5, 0.6) is 0 Å². The molecule has 1 atom stereocenters. The van der Waals surface area contributed by atoms with Gasteiger partial charge in [-0.3, -0.25) is 4.79 Å². The first-order valence-corrected chi connectivity index (χ1v) is 10.4. The first-order chi connectivity index (χ1) is 10.8. The molecule has 0 aliphatic heterocycles. The number of sulfonamides is 1. The number of nitrogens with one attached hydrogen (secondary N) is 1. The van der Waals surface area contributed by atoms with E-state index in [1.807, 2.05) is 23.8 Å². The number of carbonyl (C=O) groups excluding carboxylic acids is 1. The van der Waals surface area contributed by atoms with Crippen molar-refractivity contribution < 1.29 is 13.2 Å². The Balaban J connectivity index is 1.91. The lowest BCUT2D eigenvalue weighted by Crippen LogP contribution is -2.42. The third kappa shape index (κ3) is 5.02. The van der Waals surface area contributed by atoms with E-state index in [9.17, 15) is 13.2 Å². The highest BCUT2D eigenvalue weighted by atomic mass is 35.5. The fraction of sp³-hybridized carbons (Fsp3) is 0.357. The number of rotatable bonds is 7. The smallest absolute Gasteiger partial charge is 0.252 e. The summed E-state index contributed by atoms with van der Waals surface area (Å²) in [6.07, 6.45) is 0.715. The molecule has 5 nitrogen and oxygen atoms in total. The molecule has 1 N–H and O–H groups in total. The summed E-state index contributed by atoms with van der Waals surface area (Å²) in [5.41, 5.74) is 1.15. The number of nitrogens with zero attached hydrogens (tertiary/aromatic N) is 1. The Morgan fingerprint density at radius 1 is 1.39 bits per heavy atom. The van der Waals surface area contributed by atoms with Crippen LogP contribution >= 0.6 is 34.3 Å². The van der Waals surface area contributed by atoms with E-state index in [0.717, 1.165) is 21.2 Å². The standard InChI is InChI=1S/C14H17ClN2O3S3/c1-10(7-11-5-6-21-9-11)16-13(18)8-17(2)23(19,20)14-4-3-12(15)22-14/h3-6,9-10H,7-8H2,1-2H3,(H,16,18). The Morgan fingerprint density at radius 2 is 2.13 bits per heavy atom. The van der Waals surface area contributed by atoms with Gasteiger partial charge in [0.1, 0.15) is 4.21 Å². The number of hydrogen-bond donors (Lipinski definition) is 1. The zero-order chi connectivity index (χ0) is 17.0. The van der Waals surface area contributed by atoms with Crippen molar-refractivity contribution in [2.45, 2.75) is 23.6 Å². The second-order valence-corrected chi connectivity index (χ2v) is 9.89. The van der Waals surface area contributed by atoms with E-state index < -0.39 is 10.0 Å². The third-order valence-corrected chi connectivity index (χ3v) is 7.34. The van der Waals surface area contributed by atoms with Crippen molar-refractivity contribution in [3.05, 3.63) is 38.9 Å². The van der Waals surface area contributed by atoms with Crippen LogP contribution in [-0.4, -0.2) is 38.3 Å². The monoisotopic (exact) mass is 392 g/mol. The Kier molecular flexibility index (Phi) is 6.21. The molecule has 1 unspecified atom stereocenters. The summed E-state index contributed by atoms with van der Waals surface area (Å²) in [5.74, 6) is -0.332. The number of likely N-dealkylation sites (N-methyl/N-ethyl adjacent to an activating group) is 1. The van der Waals surface area contributed by atoms with Gasteiger partial charge in [0.2, 0.25) is 5.91 Å². The van der Waals surface area contributed by atoms with E-state index in [4.69, 9.17) is 11.6 Å². The summed E-state index contributed by atoms with van der Waals surface area (Å²) >= 11 is 8.35. The van der Waals surface area contributed by atoms with Gasteiger partial charge in [-0.2, -0.15) is 15.6 Å². The van der Waals surface area contributed by atoms with E-state index in [2.05, 4.69) is 5.32 Å². The molecule has 2 aromatic heterocycles. The van der Waals surface area contributed by atoms with Gasteiger partial charge in [-0.25, -0.2) is 8.42 Å². The van der Waals surface area contributed by atoms with E-state index in [0.29, 0.717) is 10.8 Å². The molecule has 0 radical (unpaired) electrons. The third-order valence-electron chi connectivity index (χ3n) is 3.11. The number of amides is 1. The van der Waals surface area contributed by atoms with Crippen molar-refractivity contribution in [3.63, 3.8) is 0 Å². The molecule has 0 fully saturated rings. The quantitative estimate of drug-likeness (QED) is 0.787. The van der Waals surface area contributed by atoms with E-state index in [1.54, 1.807) is 11.3 Å². The first-order valence-electron chi connectivity index (χ1n) is 6.81. The minimum atomic E-state index is -3.69. The number of carbonyl (C=O) groups is 1. The van der Waals surface area contributed by atoms with E-state index in [1.165, 1.54) is 19.2 Å². The summed E-state index contributed by atoms with van der Waals surface area (Å²) in [7, 11) is -2.31. The summed E-state index contributed by atoms with van der Waals surface area (Å²) in [6.45, 7) is 1.66. The van der Waals surface area contributed by atoms with E-state index >= 15 is 0 Å². The molecule has 0 bridgehead atoms. The molecular weight excluding hydrogens is 376 g/mol. The molecule has 0 aromatic carbocycles. The maximum absolute atomic E-state index is 12.3. The first kappa shape index (κ1) is 18.4. The Morgan fingerprint density at radius 3 is 2.70 bits per heavy atom. The zero-order valence-electron chi connectivity index (χ0n) is 12.7. The Labute approximate surface area is 148 Å². The molecule has 0 saturated heterocycles. The highest BCUT2D eigenvalue weighted by Crippen LogP contribution is 2.27. The second kappa shape index (κ2) is 7.76. The highest BCUT2D eigenvalue weighted by Gasteiger charge is 2.25. The fourth-order valence-electron chi connectivity index (χ4n) is 2.01. The van der Waals surface area contributed by atoms with Crippen molar-refractivity contribution in [2.75, 3.05) is 13.6 Å². The molecule has 0 aliphatic carbocycles. The summed E-state index contributed by atoms with van der Waals surface area (Å²) in [4.78, 5) is 12.0. The van der Waals surface area contributed by atoms with Crippen LogP contribution in [-0.2, 0) is 21.2 Å². The van der Waals surface area contributed by atoms with Gasteiger partial charge in [-0.15, -0.1) is 11.3 Å². The largest absolute Gasteiger partial charge is 0.352 e. The molecular formula is C14H17ClN2O3S3. The SMILES string of the molecule is CC(Cc1ccsc1)NC(=O)CN(C)S(=O)(=O)c1ccc(Cl)s1. The minimum Gasteiger partial charge on any atom is -0.352 e. The molecule has 0 saturated carbocycles. The zero-order valence-corrected chi connectivity index (χ0v) is 15.9. The van der Waals surface area contributed by atoms with Gasteiger partial charge in [0.25, 0.3) is 10.0 Å². The van der Waals surface area contributed by atoms with Crippen LogP contribution in [0.15, 0.2) is 33.2 Å². The van der Waals surface area contributed by atoms with Gasteiger partial charge >= 0.3 is 0 Å². The van der Waals surface area contributed by atoms with Crippen molar-refractivity contribution >= 4 is 50.2 Å². The molecule has 23 heavy (non-hydrogen) atoms. The van der Waals surface area contributed by atoms with Crippen LogP contribution in [0.2, 0.25) is 4.34 Å². The van der Waals surface area contributed by atoms with E-state index in [-0.39, 0.29) is 22.7 Å². The maximum atomic E-state index is 12.3. The molecule has 1 amide bonds. The lowest BCUT2D eigenvalue weighted by Gasteiger charge is -2.18. The normalized spacial score (nSPS) is 13.2. The Hall–Kier alpha value is -0.930. The van der Waals surface area contributed by atoms with Crippen LogP contribution in [0.3, 0.4) is 0 Å². The van der Waals surface area contributed by atoms with Gasteiger partial charge in [0, 0.05) is 13.1 Å². The van der Waals surface area contributed by atoms with Crippen molar-refractivity contribution in [1.29, 1.82) is 0 Å². The molecule has 2 heterocycles. The van der Waals surface area contributed by atoms with Crippen LogP contribution in [0.25, 0.3) is 0 Å². The van der Waals surface area contributed by atoms with Crippen LogP contribution in [0.1, 0.15) is 12.5 Å². The van der Waals surface area contributed by atoms with Crippen molar-refractivity contribution in [1.82, 2.24) is 9.62 Å². The summed E-state index contributed by atoms with van der Waals surface area (Å²) in [5, 5.41) is 6.82. The number of hydrogen-bond acceptors (Lipinski definition) is 5. The maximum Gasteiger partial charge on any atom is 0.252 e. The average molecular weight is 393 g/mol. The summed E-state index contributed by atoms with van der Waals surface area (Å²) in [6, 6.07) is 4.90. The molecule has 2 aromatic rings. The lowest BCUT2D eigenvalue weighted by molar-refractivity contribution is -0.121. The number of thiophene rings is 2. The van der Waals surface area contributed by atoms with Crippen molar-refractivity contribution in [3.8, 4) is 0 Å². The van der Waals surface area contributed by atoms with Gasteiger partial charge in [-0.05, 0) is 47.9 Å². The second-order valence-electron chi connectivity index (χ2n) is 5.12. The molecule has 9 heteroatoms. The molecule has 126 valence electrons. The highest BCUT2D eigenvalue weighted by molar-refractivity contribution is 7.91. The van der Waals surface area contributed by atoms with Gasteiger partial charge in [-0.1, -0.05) is 11.6 Å². The minimum absolute atomic E-state index is 0.0654. The average Bonchev–Trinajstić information content (AvgIpc) is 3.09. The van der Waals surface area contributed by atoms with Crippen molar-refractivity contribution in [2.24, 2.45) is 0 Å². The van der Waals surface area contributed by atoms with Gasteiger partial charge in [0.05, 0.1) is 10.9 Å². The fourth-order valence-corrected chi connectivity index (χ4v) is 5.51. The van der Waals surface area contributed by atoms with Crippen LogP contribution in [0.4, 0.5) is 0 Å². The lowest BCUT2D eigenvalue weighted by atomic mass is 10.1. The van der Waals surface area contributed by atoms with Gasteiger partial charge < -0.3 is 5.32 Å². The van der Waals surface area contributed by atoms with Gasteiger partial charge in [0.15, 0.2) is 0 Å². The Bertz CT molecular complexity index is 756. The predicted molar refractivity (Wildman–Crippen MR) is 94.8 cm³/mol. The molecule has 2 rings (SSSR count). The predicted octanol–water partition coefficient (Wildman–Crippen LogP) is 2.83. The topological polar surface area (TPSA) is 66.5 Å². The van der Waals surface area contributed by atoms with Crippen LogP contribution in [0, 0.1) is 0 Å². The number of halogens is 1.